The molecule has 0 saturated heterocycles. The number of carbonyl (C=O) groups is 1. The summed E-state index contributed by atoms with van der Waals surface area (Å²) >= 11 is 2.98. The Morgan fingerprint density at radius 2 is 1.83 bits per heavy atom. The van der Waals surface area contributed by atoms with Crippen LogP contribution in [-0.2, 0) is 9.53 Å². The van der Waals surface area contributed by atoms with E-state index in [0.717, 1.165) is 21.7 Å². The maximum atomic E-state index is 13.7. The lowest BCUT2D eigenvalue weighted by atomic mass is 9.96. The van der Waals surface area contributed by atoms with E-state index >= 15 is 0 Å². The van der Waals surface area contributed by atoms with Crippen LogP contribution in [0.15, 0.2) is 74.5 Å². The van der Waals surface area contributed by atoms with Crippen molar-refractivity contribution in [3.8, 4) is 0 Å². The minimum absolute atomic E-state index is 0.170. The first kappa shape index (κ1) is 26.0. The second-order valence-electron chi connectivity index (χ2n) is 9.33. The van der Waals surface area contributed by atoms with Crippen LogP contribution in [0.3, 0.4) is 0 Å². The standard InChI is InChI=1S/C28H31N3O3S2/c1-17(2)16-34-27(33)24-18(3)29-28-31(25(24)20-9-13-22(35-6)14-10-20)26(32)23(36-28)15-19-7-11-21(12-8-19)30(4)5/h7-15,17,25H,16H2,1-6H3. The number of ether oxygens (including phenoxy) is 1. The van der Waals surface area contributed by atoms with E-state index in [1.807, 2.05) is 101 Å². The number of fused-ring (bicyclic) bond motifs is 1. The molecule has 1 aromatic heterocycles. The van der Waals surface area contributed by atoms with Gasteiger partial charge in [0.2, 0.25) is 0 Å². The molecule has 1 aliphatic heterocycles. The first-order valence-electron chi connectivity index (χ1n) is 11.8. The lowest BCUT2D eigenvalue weighted by Crippen LogP contribution is -2.40. The molecule has 0 spiro atoms. The van der Waals surface area contributed by atoms with Crippen LogP contribution in [0.5, 0.6) is 0 Å². The second-order valence-corrected chi connectivity index (χ2v) is 11.2. The highest BCUT2D eigenvalue weighted by molar-refractivity contribution is 7.98. The van der Waals surface area contributed by atoms with E-state index in [1.165, 1.54) is 11.3 Å². The quantitative estimate of drug-likeness (QED) is 0.344. The van der Waals surface area contributed by atoms with Crippen LogP contribution in [0.4, 0.5) is 5.69 Å². The number of thiazole rings is 1. The zero-order valence-corrected chi connectivity index (χ0v) is 23.1. The normalized spacial score (nSPS) is 15.6. The SMILES string of the molecule is CSc1ccc(C2C(C(=O)OCC(C)C)=C(C)N=c3sc(=Cc4ccc(N(C)C)cc4)c(=O)n32)cc1. The highest BCUT2D eigenvalue weighted by Gasteiger charge is 2.33. The van der Waals surface area contributed by atoms with E-state index in [9.17, 15) is 9.59 Å². The minimum atomic E-state index is -0.602. The molecule has 2 aromatic carbocycles. The Balaban J connectivity index is 1.86. The van der Waals surface area contributed by atoms with E-state index in [0.29, 0.717) is 27.2 Å². The molecule has 0 N–H and O–H groups in total. The highest BCUT2D eigenvalue weighted by Crippen LogP contribution is 2.31. The molecule has 0 fully saturated rings. The number of thioether (sulfide) groups is 1. The van der Waals surface area contributed by atoms with Gasteiger partial charge in [-0.25, -0.2) is 9.79 Å². The van der Waals surface area contributed by atoms with Crippen LogP contribution in [0.1, 0.15) is 37.9 Å². The second kappa shape index (κ2) is 10.9. The average Bonchev–Trinajstić information content (AvgIpc) is 3.16. The number of rotatable bonds is 7. The number of aromatic nitrogens is 1. The Bertz CT molecular complexity index is 1460. The Morgan fingerprint density at radius 3 is 2.42 bits per heavy atom. The summed E-state index contributed by atoms with van der Waals surface area (Å²) in [4.78, 5) is 35.4. The maximum Gasteiger partial charge on any atom is 0.338 e. The van der Waals surface area contributed by atoms with Gasteiger partial charge in [-0.2, -0.15) is 0 Å². The van der Waals surface area contributed by atoms with Crippen LogP contribution >= 0.6 is 23.1 Å². The van der Waals surface area contributed by atoms with Crippen LogP contribution in [-0.4, -0.2) is 37.5 Å². The maximum absolute atomic E-state index is 13.7. The van der Waals surface area contributed by atoms with Crippen molar-refractivity contribution >= 4 is 40.8 Å². The summed E-state index contributed by atoms with van der Waals surface area (Å²) in [5, 5.41) is 0. The first-order chi connectivity index (χ1) is 17.2. The predicted octanol–water partition coefficient (Wildman–Crippen LogP) is 4.22. The van der Waals surface area contributed by atoms with Gasteiger partial charge in [0.1, 0.15) is 0 Å². The fourth-order valence-corrected chi connectivity index (χ4v) is 5.48. The number of anilines is 1. The molecule has 3 aromatic rings. The molecule has 0 saturated carbocycles. The molecule has 8 heteroatoms. The Labute approximate surface area is 219 Å². The third-order valence-electron chi connectivity index (χ3n) is 5.93. The van der Waals surface area contributed by atoms with Gasteiger partial charge in [0.25, 0.3) is 5.56 Å². The summed E-state index contributed by atoms with van der Waals surface area (Å²) in [6, 6.07) is 15.4. The largest absolute Gasteiger partial charge is 0.462 e. The number of esters is 1. The monoisotopic (exact) mass is 521 g/mol. The highest BCUT2D eigenvalue weighted by atomic mass is 32.2. The van der Waals surface area contributed by atoms with E-state index in [1.54, 1.807) is 16.3 Å². The molecule has 6 nitrogen and oxygen atoms in total. The summed E-state index contributed by atoms with van der Waals surface area (Å²) in [6.07, 6.45) is 3.90. The Kier molecular flexibility index (Phi) is 7.85. The van der Waals surface area contributed by atoms with Gasteiger partial charge in [-0.3, -0.25) is 9.36 Å². The molecule has 4 rings (SSSR count). The van der Waals surface area contributed by atoms with E-state index in [2.05, 4.69) is 4.99 Å². The molecular formula is C28H31N3O3S2. The van der Waals surface area contributed by atoms with Crippen LogP contribution in [0.25, 0.3) is 6.08 Å². The van der Waals surface area contributed by atoms with Crippen molar-refractivity contribution in [3.63, 3.8) is 0 Å². The molecule has 1 aliphatic rings. The number of hydrogen-bond donors (Lipinski definition) is 0. The smallest absolute Gasteiger partial charge is 0.338 e. The third kappa shape index (κ3) is 5.34. The third-order valence-corrected chi connectivity index (χ3v) is 7.65. The molecule has 36 heavy (non-hydrogen) atoms. The van der Waals surface area contributed by atoms with Crippen molar-refractivity contribution in [2.24, 2.45) is 10.9 Å². The zero-order chi connectivity index (χ0) is 26.0. The molecule has 0 amide bonds. The van der Waals surface area contributed by atoms with Crippen molar-refractivity contribution < 1.29 is 9.53 Å². The van der Waals surface area contributed by atoms with Crippen LogP contribution < -0.4 is 19.8 Å². The van der Waals surface area contributed by atoms with Gasteiger partial charge in [0, 0.05) is 24.7 Å². The number of allylic oxidation sites excluding steroid dienone is 1. The van der Waals surface area contributed by atoms with Crippen molar-refractivity contribution in [2.75, 3.05) is 31.9 Å². The van der Waals surface area contributed by atoms with Crippen molar-refractivity contribution in [1.82, 2.24) is 4.57 Å². The number of carbonyl (C=O) groups excluding carboxylic acids is 1. The van der Waals surface area contributed by atoms with Gasteiger partial charge >= 0.3 is 5.97 Å². The van der Waals surface area contributed by atoms with Gasteiger partial charge in [0.15, 0.2) is 4.80 Å². The zero-order valence-electron chi connectivity index (χ0n) is 21.4. The molecule has 188 valence electrons. The summed E-state index contributed by atoms with van der Waals surface area (Å²) < 4.78 is 7.82. The van der Waals surface area contributed by atoms with Crippen molar-refractivity contribution in [1.29, 1.82) is 0 Å². The van der Waals surface area contributed by atoms with Crippen LogP contribution in [0, 0.1) is 5.92 Å². The number of benzene rings is 2. The lowest BCUT2D eigenvalue weighted by Gasteiger charge is -2.25. The van der Waals surface area contributed by atoms with Gasteiger partial charge in [-0.15, -0.1) is 11.8 Å². The Hall–Kier alpha value is -3.10. The fourth-order valence-electron chi connectivity index (χ4n) is 4.02. The average molecular weight is 522 g/mol. The molecule has 2 heterocycles. The molecule has 0 bridgehead atoms. The van der Waals surface area contributed by atoms with E-state index in [4.69, 9.17) is 4.74 Å². The van der Waals surface area contributed by atoms with Gasteiger partial charge in [-0.05, 0) is 60.6 Å². The summed E-state index contributed by atoms with van der Waals surface area (Å²) in [6.45, 7) is 6.10. The van der Waals surface area contributed by atoms with Gasteiger partial charge in [0.05, 0.1) is 28.5 Å². The topological polar surface area (TPSA) is 63.9 Å². The number of hydrogen-bond acceptors (Lipinski definition) is 7. The summed E-state index contributed by atoms with van der Waals surface area (Å²) in [7, 11) is 3.98. The van der Waals surface area contributed by atoms with Gasteiger partial charge in [-0.1, -0.05) is 49.4 Å². The molecule has 0 radical (unpaired) electrons. The van der Waals surface area contributed by atoms with E-state index in [-0.39, 0.29) is 11.5 Å². The molecular weight excluding hydrogens is 490 g/mol. The lowest BCUT2D eigenvalue weighted by molar-refractivity contribution is -0.140. The minimum Gasteiger partial charge on any atom is -0.462 e. The predicted molar refractivity (Wildman–Crippen MR) is 149 cm³/mol. The van der Waals surface area contributed by atoms with E-state index < -0.39 is 12.0 Å². The molecule has 0 aliphatic carbocycles. The van der Waals surface area contributed by atoms with Crippen LogP contribution in [0.2, 0.25) is 0 Å². The number of nitrogens with zero attached hydrogens (tertiary/aromatic N) is 3. The summed E-state index contributed by atoms with van der Waals surface area (Å²) in [5.74, 6) is -0.230. The van der Waals surface area contributed by atoms with Gasteiger partial charge < -0.3 is 9.64 Å². The summed E-state index contributed by atoms with van der Waals surface area (Å²) in [5.41, 5.74) is 3.67. The van der Waals surface area contributed by atoms with Crippen molar-refractivity contribution in [3.05, 3.63) is 90.6 Å². The molecule has 1 atom stereocenters. The Morgan fingerprint density at radius 1 is 1.17 bits per heavy atom. The first-order valence-corrected chi connectivity index (χ1v) is 13.8. The van der Waals surface area contributed by atoms with Crippen molar-refractivity contribution in [2.45, 2.75) is 31.7 Å². The molecule has 1 unspecified atom stereocenters. The fraction of sp³-hybridized carbons (Fsp3) is 0.321.